The van der Waals surface area contributed by atoms with Crippen molar-refractivity contribution in [2.45, 2.75) is 246 Å². The van der Waals surface area contributed by atoms with Crippen LogP contribution in [0.3, 0.4) is 0 Å². The van der Waals surface area contributed by atoms with E-state index in [1.54, 1.807) is 0 Å². The lowest BCUT2D eigenvalue weighted by molar-refractivity contribution is 0.107. The molecular formula is C52H106N6O3. The van der Waals surface area contributed by atoms with E-state index in [4.69, 9.17) is 0 Å². The van der Waals surface area contributed by atoms with Crippen molar-refractivity contribution in [3.05, 3.63) is 0 Å². The number of carbonyl (C=O) groups excluding carboxylic acids is 2. The highest BCUT2D eigenvalue weighted by molar-refractivity contribution is 5.74. The average Bonchev–Trinajstić information content (AvgIpc) is 3.27. The highest BCUT2D eigenvalue weighted by Crippen LogP contribution is 2.23. The summed E-state index contributed by atoms with van der Waals surface area (Å²) in [6, 6.07) is 0.571. The second-order valence-corrected chi connectivity index (χ2v) is 19.1. The molecule has 1 aliphatic rings. The van der Waals surface area contributed by atoms with Crippen LogP contribution in [0.5, 0.6) is 0 Å². The Morgan fingerprint density at radius 2 is 0.852 bits per heavy atom. The molecule has 0 aliphatic heterocycles. The van der Waals surface area contributed by atoms with Crippen LogP contribution in [0.4, 0.5) is 9.59 Å². The van der Waals surface area contributed by atoms with E-state index in [2.05, 4.69) is 58.8 Å². The minimum absolute atomic E-state index is 0.0117. The Morgan fingerprint density at radius 1 is 0.459 bits per heavy atom. The molecule has 4 amide bonds. The van der Waals surface area contributed by atoms with Gasteiger partial charge in [-0.15, -0.1) is 0 Å². The maximum atomic E-state index is 12.8. The molecule has 5 N–H and O–H groups in total. The van der Waals surface area contributed by atoms with Crippen LogP contribution in [0.2, 0.25) is 0 Å². The van der Waals surface area contributed by atoms with Gasteiger partial charge in [-0.1, -0.05) is 175 Å². The smallest absolute Gasteiger partial charge is 0.314 e. The van der Waals surface area contributed by atoms with E-state index in [1.165, 1.54) is 186 Å². The fraction of sp³-hybridized carbons (Fsp3) is 0.962. The van der Waals surface area contributed by atoms with Gasteiger partial charge in [-0.25, -0.2) is 9.59 Å². The molecule has 1 saturated carbocycles. The molecule has 9 heteroatoms. The number of carbonyl (C=O) groups is 2. The SMILES string of the molecule is CCCCCCCCC(CCCCCC)CNC(=O)NCCCCN(CCCCNC(=O)NCC(CCCCCC)CCCCCCCC)CCN(CCO)C1CCCCC1. The van der Waals surface area contributed by atoms with Gasteiger partial charge < -0.3 is 31.3 Å². The van der Waals surface area contributed by atoms with Gasteiger partial charge in [0, 0.05) is 51.9 Å². The highest BCUT2D eigenvalue weighted by Gasteiger charge is 2.21. The molecule has 362 valence electrons. The largest absolute Gasteiger partial charge is 0.395 e. The molecule has 0 aromatic rings. The number of hydrogen-bond acceptors (Lipinski definition) is 5. The Bertz CT molecular complexity index is 892. The third-order valence-electron chi connectivity index (χ3n) is 13.5. The third-order valence-corrected chi connectivity index (χ3v) is 13.5. The van der Waals surface area contributed by atoms with Gasteiger partial charge in [0.1, 0.15) is 0 Å². The number of aliphatic hydroxyl groups excluding tert-OH is 1. The van der Waals surface area contributed by atoms with E-state index in [0.29, 0.717) is 31.0 Å². The standard InChI is InChI=1S/C52H106N6O3/c1-5-9-13-17-19-24-34-48(32-22-15-11-7-3)46-55-51(60)53-38-28-30-40-57(42-43-58(44-45-59)50-36-26-21-27-37-50)41-31-29-39-54-52(61)56-47-49(33-23-16-12-8-4)35-25-20-18-14-10-6-2/h48-50,59H,5-47H2,1-4H3,(H2,53,55,60)(H2,54,56,61). The van der Waals surface area contributed by atoms with Gasteiger partial charge in [0.25, 0.3) is 0 Å². The first-order chi connectivity index (χ1) is 30.0. The van der Waals surface area contributed by atoms with Gasteiger partial charge in [0.05, 0.1) is 6.61 Å². The topological polar surface area (TPSA) is 109 Å². The van der Waals surface area contributed by atoms with Gasteiger partial charge in [0.15, 0.2) is 0 Å². The minimum atomic E-state index is -0.0117. The monoisotopic (exact) mass is 863 g/mol. The predicted octanol–water partition coefficient (Wildman–Crippen LogP) is 12.7. The fourth-order valence-electron chi connectivity index (χ4n) is 9.42. The quantitative estimate of drug-likeness (QED) is 0.0392. The minimum Gasteiger partial charge on any atom is -0.395 e. The van der Waals surface area contributed by atoms with Gasteiger partial charge in [-0.3, -0.25) is 4.90 Å². The van der Waals surface area contributed by atoms with E-state index >= 15 is 0 Å². The zero-order chi connectivity index (χ0) is 44.3. The van der Waals surface area contributed by atoms with Crippen molar-refractivity contribution in [3.63, 3.8) is 0 Å². The van der Waals surface area contributed by atoms with E-state index in [9.17, 15) is 14.7 Å². The number of hydrogen-bond donors (Lipinski definition) is 5. The zero-order valence-corrected chi connectivity index (χ0v) is 41.3. The van der Waals surface area contributed by atoms with Crippen molar-refractivity contribution in [1.29, 1.82) is 0 Å². The molecule has 61 heavy (non-hydrogen) atoms. The summed E-state index contributed by atoms with van der Waals surface area (Å²) in [6.07, 6.45) is 41.6. The average molecular weight is 863 g/mol. The summed E-state index contributed by atoms with van der Waals surface area (Å²) in [5.41, 5.74) is 0. The molecule has 1 fully saturated rings. The molecule has 1 aliphatic carbocycles. The summed E-state index contributed by atoms with van der Waals surface area (Å²) in [5, 5.41) is 22.7. The maximum Gasteiger partial charge on any atom is 0.314 e. The fourth-order valence-corrected chi connectivity index (χ4v) is 9.42. The number of urea groups is 2. The van der Waals surface area contributed by atoms with Crippen LogP contribution in [0.1, 0.15) is 240 Å². The zero-order valence-electron chi connectivity index (χ0n) is 41.3. The highest BCUT2D eigenvalue weighted by atomic mass is 16.3. The maximum absolute atomic E-state index is 12.8. The van der Waals surface area contributed by atoms with Crippen LogP contribution in [0, 0.1) is 11.8 Å². The van der Waals surface area contributed by atoms with E-state index in [0.717, 1.165) is 71.5 Å². The van der Waals surface area contributed by atoms with Crippen molar-refractivity contribution in [3.8, 4) is 0 Å². The number of unbranched alkanes of at least 4 members (excludes halogenated alkanes) is 18. The van der Waals surface area contributed by atoms with E-state index in [-0.39, 0.29) is 18.7 Å². The Labute approximate surface area is 379 Å². The molecule has 0 radical (unpaired) electrons. The lowest BCUT2D eigenvalue weighted by Crippen LogP contribution is -2.44. The lowest BCUT2D eigenvalue weighted by Gasteiger charge is -2.35. The summed E-state index contributed by atoms with van der Waals surface area (Å²) in [5.74, 6) is 1.17. The molecule has 0 aromatic carbocycles. The Hall–Kier alpha value is -1.58. The second-order valence-electron chi connectivity index (χ2n) is 19.1. The second kappa shape index (κ2) is 43.7. The molecule has 0 saturated heterocycles. The van der Waals surface area contributed by atoms with Gasteiger partial charge in [-0.2, -0.15) is 0 Å². The van der Waals surface area contributed by atoms with Crippen LogP contribution in [0.15, 0.2) is 0 Å². The number of nitrogens with one attached hydrogen (secondary N) is 4. The Balaban J connectivity index is 2.54. The number of amides is 4. The van der Waals surface area contributed by atoms with E-state index < -0.39 is 0 Å². The Kier molecular flexibility index (Phi) is 41.1. The third kappa shape index (κ3) is 35.5. The summed E-state index contributed by atoms with van der Waals surface area (Å²) in [6.45, 7) is 17.1. The summed E-state index contributed by atoms with van der Waals surface area (Å²) >= 11 is 0. The van der Waals surface area contributed by atoms with Crippen LogP contribution >= 0.6 is 0 Å². The number of nitrogens with zero attached hydrogens (tertiary/aromatic N) is 2. The summed E-state index contributed by atoms with van der Waals surface area (Å²) in [7, 11) is 0. The van der Waals surface area contributed by atoms with Gasteiger partial charge >= 0.3 is 12.1 Å². The molecule has 2 atom stereocenters. The van der Waals surface area contributed by atoms with Crippen molar-refractivity contribution in [1.82, 2.24) is 31.1 Å². The van der Waals surface area contributed by atoms with E-state index in [1.807, 2.05) is 0 Å². The van der Waals surface area contributed by atoms with Crippen LogP contribution in [-0.4, -0.2) is 98.5 Å². The molecular weight excluding hydrogens is 757 g/mol. The molecule has 2 unspecified atom stereocenters. The molecule has 0 bridgehead atoms. The van der Waals surface area contributed by atoms with Crippen molar-refractivity contribution in [2.24, 2.45) is 11.8 Å². The molecule has 1 rings (SSSR count). The van der Waals surface area contributed by atoms with Crippen molar-refractivity contribution >= 4 is 12.1 Å². The number of aliphatic hydroxyl groups is 1. The van der Waals surface area contributed by atoms with Crippen molar-refractivity contribution in [2.75, 3.05) is 65.5 Å². The molecule has 0 heterocycles. The van der Waals surface area contributed by atoms with Gasteiger partial charge in [-0.05, 0) is 89.1 Å². The molecule has 9 nitrogen and oxygen atoms in total. The van der Waals surface area contributed by atoms with Crippen LogP contribution < -0.4 is 21.3 Å². The lowest BCUT2D eigenvalue weighted by atomic mass is 9.94. The predicted molar refractivity (Wildman–Crippen MR) is 264 cm³/mol. The molecule has 0 spiro atoms. The van der Waals surface area contributed by atoms with Crippen molar-refractivity contribution < 1.29 is 14.7 Å². The van der Waals surface area contributed by atoms with Crippen LogP contribution in [0.25, 0.3) is 0 Å². The van der Waals surface area contributed by atoms with Gasteiger partial charge in [0.2, 0.25) is 0 Å². The Morgan fingerprint density at radius 3 is 1.26 bits per heavy atom. The first-order valence-corrected chi connectivity index (χ1v) is 27.1. The summed E-state index contributed by atoms with van der Waals surface area (Å²) < 4.78 is 0. The first-order valence-electron chi connectivity index (χ1n) is 27.1. The van der Waals surface area contributed by atoms with Crippen LogP contribution in [-0.2, 0) is 0 Å². The number of rotatable bonds is 44. The first kappa shape index (κ1) is 57.4. The molecule has 0 aromatic heterocycles. The summed E-state index contributed by atoms with van der Waals surface area (Å²) in [4.78, 5) is 30.8. The normalized spacial score (nSPS) is 14.4.